The first-order valence-electron chi connectivity index (χ1n) is 21.9. The molecule has 5 atom stereocenters. The number of hydrogen-bond donors (Lipinski definition) is 3. The van der Waals surface area contributed by atoms with E-state index in [1.165, 1.54) is 21.2 Å². The third-order valence-electron chi connectivity index (χ3n) is 12.5. The van der Waals surface area contributed by atoms with E-state index in [9.17, 15) is 24.3 Å². The van der Waals surface area contributed by atoms with Gasteiger partial charge in [0.1, 0.15) is 12.1 Å². The number of carbonyl (C=O) groups excluding carboxylic acids is 4. The number of carbonyl (C=O) groups is 4. The first-order valence-corrected chi connectivity index (χ1v) is 22.8. The molecule has 6 heterocycles. The number of hydrogen-bond acceptors (Lipinski definition) is 12. The van der Waals surface area contributed by atoms with Crippen LogP contribution in [0, 0.1) is 11.3 Å². The molecule has 3 aliphatic heterocycles. The zero-order chi connectivity index (χ0) is 45.4. The summed E-state index contributed by atoms with van der Waals surface area (Å²) in [6.07, 6.45) is 2.29. The highest BCUT2D eigenvalue weighted by Gasteiger charge is 2.46. The van der Waals surface area contributed by atoms with Crippen molar-refractivity contribution in [1.29, 1.82) is 0 Å². The van der Waals surface area contributed by atoms with Crippen LogP contribution in [0.5, 0.6) is 0 Å². The van der Waals surface area contributed by atoms with Crippen LogP contribution >= 0.6 is 11.3 Å². The molecular weight excluding hydrogens is 825 g/mol. The van der Waals surface area contributed by atoms with Crippen molar-refractivity contribution in [2.75, 3.05) is 47.1 Å². The summed E-state index contributed by atoms with van der Waals surface area (Å²) in [5, 5.41) is 19.5. The van der Waals surface area contributed by atoms with Crippen molar-refractivity contribution in [3.8, 4) is 22.5 Å². The van der Waals surface area contributed by atoms with Crippen LogP contribution in [0.4, 0.5) is 4.79 Å². The maximum atomic E-state index is 14.6. The maximum absolute atomic E-state index is 14.6. The Morgan fingerprint density at radius 2 is 1.95 bits per heavy atom. The number of amides is 4. The molecule has 3 aliphatic rings. The Labute approximate surface area is 373 Å². The summed E-state index contributed by atoms with van der Waals surface area (Å²) in [6, 6.07) is 7.70. The molecular formula is C46H62N8O8S. The predicted molar refractivity (Wildman–Crippen MR) is 239 cm³/mol. The Morgan fingerprint density at radius 1 is 1.17 bits per heavy atom. The minimum atomic E-state index is -2.21. The number of nitrogens with one attached hydrogen (secondary N) is 2. The van der Waals surface area contributed by atoms with Crippen LogP contribution in [0.15, 0.2) is 41.9 Å². The van der Waals surface area contributed by atoms with Gasteiger partial charge < -0.3 is 39.0 Å². The Hall–Kier alpha value is -4.94. The number of pyridine rings is 1. The van der Waals surface area contributed by atoms with Crippen molar-refractivity contribution >= 4 is 46.1 Å². The highest BCUT2D eigenvalue weighted by Crippen LogP contribution is 2.42. The first-order chi connectivity index (χ1) is 30.0. The van der Waals surface area contributed by atoms with Gasteiger partial charge in [-0.1, -0.05) is 33.8 Å². The van der Waals surface area contributed by atoms with Crippen LogP contribution in [-0.4, -0.2) is 129 Å². The Balaban J connectivity index is 1.31. The van der Waals surface area contributed by atoms with E-state index in [2.05, 4.69) is 40.4 Å². The standard InChI is InChI=1S/C46H62N8O8S/c1-10-52-36-15-14-30-21-32(36)33(40(52)31-13-11-17-47-38(31)29(5)60-9)23-45(6,7)26-62-43(57)46(59)16-12-18-54(50-46)42(56)34(22-37-48-35(30)25-63-37)49-41(55)39(27(2)3)51(8)44(58)53-19-20-61-24-28(53)4/h11,13-15,17,21,25,27-29,34,39,50,59H,10,12,16,18-20,22-24,26H2,1-9H3,(H,49,55)/t28-,29-,34-,39-,46-/m0/s1. The highest BCUT2D eigenvalue weighted by atomic mass is 32.1. The van der Waals surface area contributed by atoms with Gasteiger partial charge in [-0.15, -0.1) is 11.3 Å². The van der Waals surface area contributed by atoms with E-state index in [4.69, 9.17) is 24.2 Å². The van der Waals surface area contributed by atoms with E-state index in [-0.39, 0.29) is 56.5 Å². The smallest absolute Gasteiger partial charge is 0.355 e. The molecule has 1 aromatic carbocycles. The minimum Gasteiger partial charge on any atom is -0.462 e. The van der Waals surface area contributed by atoms with Crippen molar-refractivity contribution in [3.63, 3.8) is 0 Å². The highest BCUT2D eigenvalue weighted by molar-refractivity contribution is 7.10. The molecule has 7 rings (SSSR count). The fourth-order valence-electron chi connectivity index (χ4n) is 9.12. The number of nitrogens with zero attached hydrogens (tertiary/aromatic N) is 6. The zero-order valence-corrected chi connectivity index (χ0v) is 38.7. The number of urea groups is 1. The van der Waals surface area contributed by atoms with Gasteiger partial charge in [0.15, 0.2) is 0 Å². The van der Waals surface area contributed by atoms with E-state index < -0.39 is 41.0 Å². The lowest BCUT2D eigenvalue weighted by Crippen LogP contribution is -2.67. The van der Waals surface area contributed by atoms with Crippen molar-refractivity contribution in [1.82, 2.24) is 40.1 Å². The number of aromatic nitrogens is 3. The number of esters is 1. The second-order valence-electron chi connectivity index (χ2n) is 18.2. The van der Waals surface area contributed by atoms with E-state index >= 15 is 0 Å². The van der Waals surface area contributed by atoms with E-state index in [1.54, 1.807) is 25.3 Å². The number of aliphatic hydroxyl groups is 1. The fraction of sp³-hybridized carbons (Fsp3) is 0.565. The average molecular weight is 887 g/mol. The number of fused-ring (bicyclic) bond motifs is 6. The minimum absolute atomic E-state index is 0.00355. The first kappa shape index (κ1) is 46.1. The monoisotopic (exact) mass is 886 g/mol. The van der Waals surface area contributed by atoms with Gasteiger partial charge >= 0.3 is 12.0 Å². The van der Waals surface area contributed by atoms with Gasteiger partial charge in [-0.2, -0.15) is 5.43 Å². The lowest BCUT2D eigenvalue weighted by Gasteiger charge is -2.41. The molecule has 340 valence electrons. The summed E-state index contributed by atoms with van der Waals surface area (Å²) in [5.41, 5.74) is 6.34. The third kappa shape index (κ3) is 9.34. The van der Waals surface area contributed by atoms with Gasteiger partial charge in [-0.3, -0.25) is 19.6 Å². The molecule has 4 amide bonds. The second-order valence-corrected chi connectivity index (χ2v) is 19.1. The van der Waals surface area contributed by atoms with Crippen molar-refractivity contribution in [2.45, 2.75) is 111 Å². The van der Waals surface area contributed by atoms with Gasteiger partial charge in [0, 0.05) is 85.7 Å². The molecule has 2 saturated heterocycles. The van der Waals surface area contributed by atoms with Crippen molar-refractivity contribution < 1.29 is 38.5 Å². The predicted octanol–water partition coefficient (Wildman–Crippen LogP) is 5.32. The van der Waals surface area contributed by atoms with Crippen LogP contribution < -0.4 is 10.7 Å². The zero-order valence-electron chi connectivity index (χ0n) is 37.9. The quantitative estimate of drug-likeness (QED) is 0.195. The maximum Gasteiger partial charge on any atom is 0.355 e. The number of aryl methyl sites for hydroxylation is 1. The molecule has 2 fully saturated rings. The SMILES string of the molecule is CCn1c(-c2cccnc2[C@H](C)OC)c2c3cc(ccc31)-c1csc(n1)C[C@H](NC(=O)[C@H](C(C)C)N(C)C(=O)N1CCOC[C@@H]1C)C(=O)N1CCC[C@@](O)(N1)C(=O)OCC(C)(C)C2. The van der Waals surface area contributed by atoms with E-state index in [0.29, 0.717) is 43.4 Å². The average Bonchev–Trinajstić information content (AvgIpc) is 3.85. The van der Waals surface area contributed by atoms with Gasteiger partial charge in [0.05, 0.1) is 54.1 Å². The van der Waals surface area contributed by atoms with Crippen molar-refractivity contribution in [3.05, 3.63) is 58.2 Å². The molecule has 0 unspecified atom stereocenters. The number of rotatable bonds is 8. The summed E-state index contributed by atoms with van der Waals surface area (Å²) in [4.78, 5) is 69.7. The van der Waals surface area contributed by atoms with Gasteiger partial charge in [-0.25, -0.2) is 14.6 Å². The molecule has 6 bridgehead atoms. The summed E-state index contributed by atoms with van der Waals surface area (Å²) in [6.45, 7) is 15.7. The topological polar surface area (TPSA) is 181 Å². The molecule has 16 nitrogen and oxygen atoms in total. The summed E-state index contributed by atoms with van der Waals surface area (Å²) in [5.74, 6) is -2.30. The largest absolute Gasteiger partial charge is 0.462 e. The molecule has 3 N–H and O–H groups in total. The molecule has 4 aromatic rings. The van der Waals surface area contributed by atoms with Gasteiger partial charge in [0.25, 0.3) is 5.91 Å². The van der Waals surface area contributed by atoms with E-state index in [1.807, 2.05) is 59.1 Å². The second kappa shape index (κ2) is 18.6. The molecule has 0 spiro atoms. The molecule has 0 radical (unpaired) electrons. The third-order valence-corrected chi connectivity index (χ3v) is 13.4. The van der Waals surface area contributed by atoms with E-state index in [0.717, 1.165) is 39.0 Å². The lowest BCUT2D eigenvalue weighted by molar-refractivity contribution is -0.189. The van der Waals surface area contributed by atoms with Crippen LogP contribution in [0.2, 0.25) is 0 Å². The number of cyclic esters (lactones) is 1. The normalized spacial score (nSPS) is 23.0. The molecule has 17 heteroatoms. The fourth-order valence-corrected chi connectivity index (χ4v) is 9.97. The molecule has 63 heavy (non-hydrogen) atoms. The molecule has 0 saturated carbocycles. The Bertz CT molecular complexity index is 2340. The lowest BCUT2D eigenvalue weighted by atomic mass is 9.84. The molecule has 3 aromatic heterocycles. The van der Waals surface area contributed by atoms with Crippen molar-refractivity contribution in [2.24, 2.45) is 11.3 Å². The number of methoxy groups -OCH3 is 1. The number of thiazole rings is 1. The Morgan fingerprint density at radius 3 is 2.67 bits per heavy atom. The van der Waals surface area contributed by atoms with Gasteiger partial charge in [-0.05, 0) is 69.4 Å². The Kier molecular flexibility index (Phi) is 13.6. The molecule has 0 aliphatic carbocycles. The van der Waals surface area contributed by atoms with Crippen LogP contribution in [0.25, 0.3) is 33.4 Å². The number of hydrazine groups is 1. The number of morpholine rings is 1. The van der Waals surface area contributed by atoms with Gasteiger partial charge in [0.2, 0.25) is 11.6 Å². The number of ether oxygens (including phenoxy) is 3. The summed E-state index contributed by atoms with van der Waals surface area (Å²) >= 11 is 1.37. The van der Waals surface area contributed by atoms with Crippen LogP contribution in [-0.2, 0) is 48.0 Å². The van der Waals surface area contributed by atoms with Crippen LogP contribution in [0.1, 0.15) is 83.7 Å². The van der Waals surface area contributed by atoms with Crippen LogP contribution in [0.3, 0.4) is 0 Å². The summed E-state index contributed by atoms with van der Waals surface area (Å²) < 4.78 is 19.6. The number of likely N-dealkylation sites (N-methyl/N-ethyl adjacent to an activating group) is 1. The number of benzene rings is 1. The summed E-state index contributed by atoms with van der Waals surface area (Å²) in [7, 11) is 3.27.